The maximum Gasteiger partial charge on any atom is 0.313 e. The van der Waals surface area contributed by atoms with Crippen molar-refractivity contribution in [3.05, 3.63) is 71.0 Å². The molecule has 3 rings (SSSR count). The molecule has 0 atom stereocenters. The molecule has 0 spiro atoms. The molecule has 0 fully saturated rings. The van der Waals surface area contributed by atoms with Gasteiger partial charge in [-0.25, -0.2) is 0 Å². The van der Waals surface area contributed by atoms with Gasteiger partial charge in [-0.05, 0) is 49.6 Å². The smallest absolute Gasteiger partial charge is 0.313 e. The molecule has 7 nitrogen and oxygen atoms in total. The number of ether oxygens (including phenoxy) is 1. The van der Waals surface area contributed by atoms with E-state index in [1.165, 1.54) is 11.8 Å². The number of carbonyl (C=O) groups excluding carboxylic acids is 2. The Morgan fingerprint density at radius 2 is 1.77 bits per heavy atom. The molecule has 1 N–H and O–H groups in total. The molecule has 0 aliphatic carbocycles. The van der Waals surface area contributed by atoms with Gasteiger partial charge in [-0.1, -0.05) is 48.2 Å². The second kappa shape index (κ2) is 10.8. The van der Waals surface area contributed by atoms with Gasteiger partial charge >= 0.3 is 5.97 Å². The zero-order valence-electron chi connectivity index (χ0n) is 17.9. The lowest BCUT2D eigenvalue weighted by Crippen LogP contribution is -2.16. The third-order valence-corrected chi connectivity index (χ3v) is 5.39. The third-order valence-electron chi connectivity index (χ3n) is 4.42. The Bertz CT molecular complexity index is 1030. The number of nitrogens with zero attached hydrogens (tertiary/aromatic N) is 3. The molecule has 1 aromatic heterocycles. The van der Waals surface area contributed by atoms with Crippen LogP contribution < -0.4 is 5.32 Å². The first-order valence-corrected chi connectivity index (χ1v) is 11.1. The van der Waals surface area contributed by atoms with Crippen LogP contribution in [0.5, 0.6) is 0 Å². The topological polar surface area (TPSA) is 86.1 Å². The number of esters is 1. The summed E-state index contributed by atoms with van der Waals surface area (Å²) in [6, 6.07) is 15.8. The minimum absolute atomic E-state index is 0.0308. The van der Waals surface area contributed by atoms with E-state index >= 15 is 0 Å². The molecule has 1 heterocycles. The lowest BCUT2D eigenvalue weighted by molar-refractivity contribution is -0.142. The second-order valence-electron chi connectivity index (χ2n) is 7.17. The minimum Gasteiger partial charge on any atom is -0.466 e. The lowest BCUT2D eigenvalue weighted by Gasteiger charge is -2.11. The number of nitrogens with one attached hydrogen (secondary N) is 1. The standard InChI is InChI=1S/C23H26N4O3S/c1-4-30-22(29)13-20-25-26-23(27(20)14-18-8-6-5-7-9-18)31-15-21(28)24-19-11-16(2)10-17(3)12-19/h5-12H,4,13-15H2,1-3H3,(H,24,28). The van der Waals surface area contributed by atoms with E-state index in [0.717, 1.165) is 22.4 Å². The first-order chi connectivity index (χ1) is 14.9. The summed E-state index contributed by atoms with van der Waals surface area (Å²) in [7, 11) is 0. The van der Waals surface area contributed by atoms with Crippen molar-refractivity contribution < 1.29 is 14.3 Å². The Hall–Kier alpha value is -3.13. The van der Waals surface area contributed by atoms with Crippen molar-refractivity contribution >= 4 is 29.3 Å². The minimum atomic E-state index is -0.353. The van der Waals surface area contributed by atoms with Gasteiger partial charge in [0.1, 0.15) is 12.2 Å². The van der Waals surface area contributed by atoms with Crippen LogP contribution in [0.2, 0.25) is 0 Å². The Kier molecular flexibility index (Phi) is 7.83. The molecule has 3 aromatic rings. The molecule has 31 heavy (non-hydrogen) atoms. The van der Waals surface area contributed by atoms with Crippen LogP contribution in [0.4, 0.5) is 5.69 Å². The lowest BCUT2D eigenvalue weighted by atomic mass is 10.1. The number of amides is 1. The van der Waals surface area contributed by atoms with Gasteiger partial charge in [0, 0.05) is 5.69 Å². The monoisotopic (exact) mass is 438 g/mol. The normalized spacial score (nSPS) is 10.7. The highest BCUT2D eigenvalue weighted by Crippen LogP contribution is 2.20. The van der Waals surface area contributed by atoms with Crippen LogP contribution in [0.25, 0.3) is 0 Å². The van der Waals surface area contributed by atoms with Crippen LogP contribution in [0.1, 0.15) is 29.4 Å². The van der Waals surface area contributed by atoms with Crippen LogP contribution in [0.3, 0.4) is 0 Å². The molecule has 0 radical (unpaired) electrons. The number of anilines is 1. The van der Waals surface area contributed by atoms with Crippen molar-refractivity contribution in [2.24, 2.45) is 0 Å². The quantitative estimate of drug-likeness (QED) is 0.404. The van der Waals surface area contributed by atoms with Gasteiger partial charge in [-0.2, -0.15) is 0 Å². The highest BCUT2D eigenvalue weighted by molar-refractivity contribution is 7.99. The molecular weight excluding hydrogens is 412 g/mol. The fraction of sp³-hybridized carbons (Fsp3) is 0.304. The highest BCUT2D eigenvalue weighted by atomic mass is 32.2. The van der Waals surface area contributed by atoms with E-state index in [1.807, 2.05) is 60.9 Å². The summed E-state index contributed by atoms with van der Waals surface area (Å²) >= 11 is 1.29. The number of hydrogen-bond donors (Lipinski definition) is 1. The maximum absolute atomic E-state index is 12.5. The molecule has 162 valence electrons. The number of benzene rings is 2. The fourth-order valence-electron chi connectivity index (χ4n) is 3.20. The summed E-state index contributed by atoms with van der Waals surface area (Å²) in [6.07, 6.45) is 0.0308. The molecule has 0 aliphatic rings. The van der Waals surface area contributed by atoms with E-state index in [9.17, 15) is 9.59 Å². The van der Waals surface area contributed by atoms with Gasteiger partial charge in [0.05, 0.1) is 18.9 Å². The molecular formula is C23H26N4O3S. The predicted octanol–water partition coefficient (Wildman–Crippen LogP) is 3.78. The van der Waals surface area contributed by atoms with Gasteiger partial charge in [0.2, 0.25) is 5.91 Å². The molecule has 0 aliphatic heterocycles. The van der Waals surface area contributed by atoms with E-state index in [1.54, 1.807) is 6.92 Å². The van der Waals surface area contributed by atoms with Crippen molar-refractivity contribution in [1.29, 1.82) is 0 Å². The zero-order valence-corrected chi connectivity index (χ0v) is 18.7. The van der Waals surface area contributed by atoms with Crippen molar-refractivity contribution in [2.45, 2.75) is 38.9 Å². The molecule has 0 saturated carbocycles. The zero-order chi connectivity index (χ0) is 22.2. The summed E-state index contributed by atoms with van der Waals surface area (Å²) in [6.45, 7) is 6.57. The van der Waals surface area contributed by atoms with Gasteiger partial charge in [-0.3, -0.25) is 9.59 Å². The van der Waals surface area contributed by atoms with E-state index in [4.69, 9.17) is 4.74 Å². The average Bonchev–Trinajstić information content (AvgIpc) is 3.08. The molecule has 1 amide bonds. The van der Waals surface area contributed by atoms with Crippen LogP contribution in [-0.4, -0.2) is 39.0 Å². The van der Waals surface area contributed by atoms with Gasteiger partial charge in [0.15, 0.2) is 5.16 Å². The maximum atomic E-state index is 12.5. The Morgan fingerprint density at radius 1 is 1.06 bits per heavy atom. The Balaban J connectivity index is 1.72. The largest absolute Gasteiger partial charge is 0.466 e. The average molecular weight is 439 g/mol. The Labute approximate surface area is 186 Å². The van der Waals surface area contributed by atoms with E-state index < -0.39 is 0 Å². The number of rotatable bonds is 9. The first-order valence-electron chi connectivity index (χ1n) is 10.1. The van der Waals surface area contributed by atoms with Crippen molar-refractivity contribution in [3.8, 4) is 0 Å². The summed E-state index contributed by atoms with van der Waals surface area (Å²) in [5, 5.41) is 11.9. The van der Waals surface area contributed by atoms with E-state index in [2.05, 4.69) is 21.6 Å². The van der Waals surface area contributed by atoms with Crippen molar-refractivity contribution in [3.63, 3.8) is 0 Å². The van der Waals surface area contributed by atoms with Crippen LogP contribution in [0, 0.1) is 13.8 Å². The number of aryl methyl sites for hydroxylation is 2. The van der Waals surface area contributed by atoms with Gasteiger partial charge in [0.25, 0.3) is 0 Å². The predicted molar refractivity (Wildman–Crippen MR) is 121 cm³/mol. The van der Waals surface area contributed by atoms with E-state index in [0.29, 0.717) is 24.1 Å². The molecule has 2 aromatic carbocycles. The fourth-order valence-corrected chi connectivity index (χ4v) is 3.95. The first kappa shape index (κ1) is 22.6. The van der Waals surface area contributed by atoms with Gasteiger partial charge in [-0.15, -0.1) is 10.2 Å². The molecule has 0 saturated heterocycles. The second-order valence-corrected chi connectivity index (χ2v) is 8.11. The van der Waals surface area contributed by atoms with Crippen molar-refractivity contribution in [2.75, 3.05) is 17.7 Å². The summed E-state index contributed by atoms with van der Waals surface area (Å²) in [4.78, 5) is 24.5. The van der Waals surface area contributed by atoms with Crippen LogP contribution >= 0.6 is 11.8 Å². The summed E-state index contributed by atoms with van der Waals surface area (Å²) < 4.78 is 6.92. The van der Waals surface area contributed by atoms with Crippen LogP contribution in [-0.2, 0) is 27.3 Å². The Morgan fingerprint density at radius 3 is 2.45 bits per heavy atom. The highest BCUT2D eigenvalue weighted by Gasteiger charge is 2.18. The number of thioether (sulfide) groups is 1. The molecule has 8 heteroatoms. The van der Waals surface area contributed by atoms with E-state index in [-0.39, 0.29) is 24.1 Å². The number of carbonyl (C=O) groups is 2. The summed E-state index contributed by atoms with van der Waals surface area (Å²) in [5.74, 6) is 0.211. The SMILES string of the molecule is CCOC(=O)Cc1nnc(SCC(=O)Nc2cc(C)cc(C)c2)n1Cc1ccccc1. The molecule has 0 bridgehead atoms. The van der Waals surface area contributed by atoms with Crippen LogP contribution in [0.15, 0.2) is 53.7 Å². The summed E-state index contributed by atoms with van der Waals surface area (Å²) in [5.41, 5.74) is 4.01. The molecule has 0 unspecified atom stereocenters. The number of hydrogen-bond acceptors (Lipinski definition) is 6. The third kappa shape index (κ3) is 6.68. The van der Waals surface area contributed by atoms with Gasteiger partial charge < -0.3 is 14.6 Å². The number of aromatic nitrogens is 3. The van der Waals surface area contributed by atoms with Crippen molar-refractivity contribution in [1.82, 2.24) is 14.8 Å².